The molecule has 16 heavy (non-hydrogen) atoms. The Morgan fingerprint density at radius 2 is 2.12 bits per heavy atom. The van der Waals surface area contributed by atoms with Crippen LogP contribution in [0.2, 0.25) is 0 Å². The highest BCUT2D eigenvalue weighted by atomic mass is 79.9. The predicted molar refractivity (Wildman–Crippen MR) is 69.4 cm³/mol. The number of amides is 1. The molecule has 0 aliphatic rings. The topological polar surface area (TPSA) is 29.1 Å². The van der Waals surface area contributed by atoms with E-state index in [2.05, 4.69) is 37.2 Å². The van der Waals surface area contributed by atoms with Gasteiger partial charge in [0.2, 0.25) is 0 Å². The molecule has 0 aromatic heterocycles. The van der Waals surface area contributed by atoms with E-state index >= 15 is 0 Å². The molecule has 0 aliphatic heterocycles. The molecule has 0 heterocycles. The van der Waals surface area contributed by atoms with Crippen molar-refractivity contribution >= 4 is 37.8 Å². The van der Waals surface area contributed by atoms with Crippen molar-refractivity contribution in [1.82, 2.24) is 5.32 Å². The summed E-state index contributed by atoms with van der Waals surface area (Å²) in [4.78, 5) is 11.8. The molecule has 0 saturated heterocycles. The Labute approximate surface area is 111 Å². The molecule has 1 aromatic rings. The lowest BCUT2D eigenvalue weighted by Crippen LogP contribution is -2.44. The molecule has 0 atom stereocenters. The Balaban J connectivity index is 2.85. The van der Waals surface area contributed by atoms with Crippen molar-refractivity contribution in [2.45, 2.75) is 19.4 Å². The van der Waals surface area contributed by atoms with Crippen molar-refractivity contribution in [3.05, 3.63) is 34.1 Å². The summed E-state index contributed by atoms with van der Waals surface area (Å²) in [6, 6.07) is 4.31. The molecule has 88 valence electrons. The van der Waals surface area contributed by atoms with Crippen molar-refractivity contribution < 1.29 is 9.18 Å². The van der Waals surface area contributed by atoms with Crippen molar-refractivity contribution in [2.75, 3.05) is 5.33 Å². The molecule has 5 heteroatoms. The second-order valence-electron chi connectivity index (χ2n) is 4.10. The fourth-order valence-electron chi connectivity index (χ4n) is 1.05. The maximum Gasteiger partial charge on any atom is 0.251 e. The molecule has 1 N–H and O–H groups in total. The Morgan fingerprint density at radius 3 is 2.62 bits per heavy atom. The first-order valence-electron chi connectivity index (χ1n) is 4.69. The molecule has 1 aromatic carbocycles. The first kappa shape index (κ1) is 13.6. The Morgan fingerprint density at radius 1 is 1.50 bits per heavy atom. The zero-order valence-electron chi connectivity index (χ0n) is 8.98. The molecule has 2 nitrogen and oxygen atoms in total. The van der Waals surface area contributed by atoms with Crippen LogP contribution < -0.4 is 5.32 Å². The highest BCUT2D eigenvalue weighted by Crippen LogP contribution is 2.17. The third-order valence-corrected chi connectivity index (χ3v) is 4.01. The molecule has 0 unspecified atom stereocenters. The van der Waals surface area contributed by atoms with E-state index < -0.39 is 5.82 Å². The van der Waals surface area contributed by atoms with Crippen LogP contribution >= 0.6 is 31.9 Å². The zero-order chi connectivity index (χ0) is 12.3. The molecule has 0 aliphatic carbocycles. The largest absolute Gasteiger partial charge is 0.346 e. The monoisotopic (exact) mass is 351 g/mol. The number of rotatable bonds is 3. The minimum Gasteiger partial charge on any atom is -0.346 e. The quantitative estimate of drug-likeness (QED) is 0.829. The minimum absolute atomic E-state index is 0.282. The average Bonchev–Trinajstić information content (AvgIpc) is 2.21. The molecule has 0 spiro atoms. The smallest absolute Gasteiger partial charge is 0.251 e. The van der Waals surface area contributed by atoms with Gasteiger partial charge < -0.3 is 5.32 Å². The van der Waals surface area contributed by atoms with E-state index in [0.717, 1.165) is 0 Å². The first-order chi connectivity index (χ1) is 7.35. The third kappa shape index (κ3) is 3.56. The van der Waals surface area contributed by atoms with Crippen LogP contribution in [0.4, 0.5) is 4.39 Å². The van der Waals surface area contributed by atoms with Crippen LogP contribution in [0.15, 0.2) is 22.7 Å². The van der Waals surface area contributed by atoms with Crippen LogP contribution in [0, 0.1) is 5.82 Å². The zero-order valence-corrected chi connectivity index (χ0v) is 12.2. The normalized spacial score (nSPS) is 11.3. The lowest BCUT2D eigenvalue weighted by Gasteiger charge is -2.23. The summed E-state index contributed by atoms with van der Waals surface area (Å²) in [7, 11) is 0. The van der Waals surface area contributed by atoms with Crippen LogP contribution in [0.25, 0.3) is 0 Å². The van der Waals surface area contributed by atoms with E-state index in [1.54, 1.807) is 6.07 Å². The van der Waals surface area contributed by atoms with Crippen molar-refractivity contribution in [3.63, 3.8) is 0 Å². The summed E-state index contributed by atoms with van der Waals surface area (Å²) in [5.41, 5.74) is -0.0459. The second-order valence-corrected chi connectivity index (χ2v) is 5.52. The lowest BCUT2D eigenvalue weighted by molar-refractivity contribution is 0.0921. The second kappa shape index (κ2) is 5.27. The summed E-state index contributed by atoms with van der Waals surface area (Å²) >= 11 is 6.34. The van der Waals surface area contributed by atoms with Gasteiger partial charge in [-0.3, -0.25) is 4.79 Å². The molecular weight excluding hydrogens is 341 g/mol. The fourth-order valence-corrected chi connectivity index (χ4v) is 1.44. The van der Waals surface area contributed by atoms with Gasteiger partial charge in [-0.1, -0.05) is 15.9 Å². The van der Waals surface area contributed by atoms with Crippen LogP contribution in [0.3, 0.4) is 0 Å². The summed E-state index contributed by atoms with van der Waals surface area (Å²) in [5.74, 6) is -0.722. The van der Waals surface area contributed by atoms with Crippen LogP contribution in [0.5, 0.6) is 0 Å². The lowest BCUT2D eigenvalue weighted by atomic mass is 10.1. The first-order valence-corrected chi connectivity index (χ1v) is 6.61. The van der Waals surface area contributed by atoms with Gasteiger partial charge in [0.05, 0.1) is 4.47 Å². The number of alkyl halides is 1. The van der Waals surface area contributed by atoms with Crippen LogP contribution in [-0.2, 0) is 0 Å². The molecular formula is C11H12Br2FNO. The van der Waals surface area contributed by atoms with E-state index in [1.807, 2.05) is 13.8 Å². The van der Waals surface area contributed by atoms with Crippen molar-refractivity contribution in [3.8, 4) is 0 Å². The number of halogens is 3. The summed E-state index contributed by atoms with van der Waals surface area (Å²) in [5, 5.41) is 3.43. The molecule has 0 radical (unpaired) electrons. The van der Waals surface area contributed by atoms with Gasteiger partial charge in [-0.2, -0.15) is 0 Å². The van der Waals surface area contributed by atoms with Gasteiger partial charge in [0.1, 0.15) is 5.82 Å². The minimum atomic E-state index is -0.440. The van der Waals surface area contributed by atoms with Gasteiger partial charge in [0.15, 0.2) is 0 Å². The number of nitrogens with one attached hydrogen (secondary N) is 1. The summed E-state index contributed by atoms with van der Waals surface area (Å²) < 4.78 is 13.6. The average molecular weight is 353 g/mol. The van der Waals surface area contributed by atoms with E-state index in [4.69, 9.17) is 0 Å². The number of carbonyl (C=O) groups is 1. The summed E-state index contributed by atoms with van der Waals surface area (Å²) in [6.45, 7) is 3.77. The molecule has 0 saturated carbocycles. The van der Waals surface area contributed by atoms with Crippen molar-refractivity contribution in [1.29, 1.82) is 0 Å². The van der Waals surface area contributed by atoms with Gasteiger partial charge in [0.25, 0.3) is 5.91 Å². The predicted octanol–water partition coefficient (Wildman–Crippen LogP) is 3.49. The Kier molecular flexibility index (Phi) is 4.50. The Hall–Kier alpha value is -0.420. The van der Waals surface area contributed by atoms with Crippen LogP contribution in [0.1, 0.15) is 24.2 Å². The van der Waals surface area contributed by atoms with Gasteiger partial charge in [-0.05, 0) is 48.0 Å². The number of benzene rings is 1. The molecule has 0 bridgehead atoms. The third-order valence-electron chi connectivity index (χ3n) is 1.97. The van der Waals surface area contributed by atoms with Gasteiger partial charge in [-0.25, -0.2) is 4.39 Å². The van der Waals surface area contributed by atoms with Gasteiger partial charge in [-0.15, -0.1) is 0 Å². The maximum atomic E-state index is 13.2. The number of carbonyl (C=O) groups excluding carboxylic acids is 1. The SMILES string of the molecule is CC(C)(CBr)NC(=O)c1ccc(Br)c(F)c1. The number of hydrogen-bond donors (Lipinski definition) is 1. The van der Waals surface area contributed by atoms with Crippen molar-refractivity contribution in [2.24, 2.45) is 0 Å². The summed E-state index contributed by atoms with van der Waals surface area (Å²) in [6.07, 6.45) is 0. The van der Waals surface area contributed by atoms with Gasteiger partial charge in [0, 0.05) is 16.4 Å². The van der Waals surface area contributed by atoms with E-state index in [1.165, 1.54) is 12.1 Å². The molecule has 1 rings (SSSR count). The number of hydrogen-bond acceptors (Lipinski definition) is 1. The highest BCUT2D eigenvalue weighted by molar-refractivity contribution is 9.10. The van der Waals surface area contributed by atoms with E-state index in [9.17, 15) is 9.18 Å². The highest BCUT2D eigenvalue weighted by Gasteiger charge is 2.20. The maximum absolute atomic E-state index is 13.2. The molecule has 1 amide bonds. The van der Waals surface area contributed by atoms with Gasteiger partial charge >= 0.3 is 0 Å². The Bertz CT molecular complexity index is 407. The fraction of sp³-hybridized carbons (Fsp3) is 0.364. The molecule has 0 fully saturated rings. The standard InChI is InChI=1S/C11H12Br2FNO/c1-11(2,6-12)15-10(16)7-3-4-8(13)9(14)5-7/h3-5H,6H2,1-2H3,(H,15,16). The van der Waals surface area contributed by atoms with E-state index in [-0.39, 0.29) is 11.4 Å². The van der Waals surface area contributed by atoms with E-state index in [0.29, 0.717) is 15.4 Å². The van der Waals surface area contributed by atoms with Crippen LogP contribution in [-0.4, -0.2) is 16.8 Å².